The fourth-order valence-electron chi connectivity index (χ4n) is 3.72. The molecular weight excluding hydrogens is 506 g/mol. The van der Waals surface area contributed by atoms with Gasteiger partial charge in [0, 0.05) is 13.0 Å². The van der Waals surface area contributed by atoms with Crippen molar-refractivity contribution in [1.29, 1.82) is 0 Å². The number of nitrogens with two attached hydrogens (primary N) is 3. The summed E-state index contributed by atoms with van der Waals surface area (Å²) in [5.41, 5.74) is 17.2. The summed E-state index contributed by atoms with van der Waals surface area (Å²) >= 11 is 0. The molecule has 0 aliphatic rings. The molecule has 0 aliphatic carbocycles. The van der Waals surface area contributed by atoms with Crippen molar-refractivity contribution in [3.05, 3.63) is 29.8 Å². The summed E-state index contributed by atoms with van der Waals surface area (Å²) in [5.74, 6) is -3.78. The number of phenolic OH excluding ortho intramolecular Hbond substituents is 1. The van der Waals surface area contributed by atoms with Gasteiger partial charge in [0.1, 0.15) is 23.9 Å². The Morgan fingerprint density at radius 2 is 1.51 bits per heavy atom. The van der Waals surface area contributed by atoms with Gasteiger partial charge in [0.2, 0.25) is 17.7 Å². The second-order valence-electron chi connectivity index (χ2n) is 9.93. The number of guanidine groups is 1. The molecule has 1 aromatic carbocycles. The summed E-state index contributed by atoms with van der Waals surface area (Å²) < 4.78 is 0. The number of carbonyl (C=O) groups excluding carboxylic acids is 3. The van der Waals surface area contributed by atoms with E-state index in [2.05, 4.69) is 20.9 Å². The highest BCUT2D eigenvalue weighted by Gasteiger charge is 2.33. The Kier molecular flexibility index (Phi) is 13.7. The monoisotopic (exact) mass is 549 g/mol. The minimum atomic E-state index is -1.19. The van der Waals surface area contributed by atoms with Gasteiger partial charge in [-0.15, -0.1) is 0 Å². The summed E-state index contributed by atoms with van der Waals surface area (Å²) in [4.78, 5) is 54.8. The third-order valence-electron chi connectivity index (χ3n) is 6.34. The summed E-state index contributed by atoms with van der Waals surface area (Å²) in [5, 5.41) is 27.0. The van der Waals surface area contributed by atoms with Gasteiger partial charge in [0.05, 0.1) is 6.04 Å². The van der Waals surface area contributed by atoms with Crippen LogP contribution in [-0.4, -0.2) is 70.6 Å². The van der Waals surface area contributed by atoms with E-state index < -0.39 is 47.9 Å². The lowest BCUT2D eigenvalue weighted by Gasteiger charge is -2.28. The van der Waals surface area contributed by atoms with Gasteiger partial charge in [-0.25, -0.2) is 4.79 Å². The summed E-state index contributed by atoms with van der Waals surface area (Å²) in [6, 6.07) is 1.84. The number of aromatic hydroxyl groups is 1. The van der Waals surface area contributed by atoms with Gasteiger partial charge in [-0.1, -0.05) is 46.2 Å². The number of rotatable bonds is 16. The van der Waals surface area contributed by atoms with E-state index in [0.717, 1.165) is 0 Å². The molecule has 11 N–H and O–H groups in total. The molecule has 0 saturated heterocycles. The number of carboxylic acid groups (broad SMARTS) is 1. The number of benzene rings is 1. The van der Waals surface area contributed by atoms with Crippen LogP contribution in [0.4, 0.5) is 0 Å². The number of aliphatic imine (C=N–C) groups is 1. The number of amides is 3. The Balaban J connectivity index is 3.06. The molecule has 0 fully saturated rings. The Morgan fingerprint density at radius 1 is 0.923 bits per heavy atom. The third kappa shape index (κ3) is 11.6. The van der Waals surface area contributed by atoms with Crippen molar-refractivity contribution in [2.45, 2.75) is 77.5 Å². The molecule has 0 radical (unpaired) electrons. The van der Waals surface area contributed by atoms with Crippen LogP contribution >= 0.6 is 0 Å². The summed E-state index contributed by atoms with van der Waals surface area (Å²) in [6.45, 7) is 7.28. The van der Waals surface area contributed by atoms with E-state index in [1.165, 1.54) is 12.1 Å². The van der Waals surface area contributed by atoms with E-state index >= 15 is 0 Å². The van der Waals surface area contributed by atoms with Crippen molar-refractivity contribution >= 4 is 29.7 Å². The van der Waals surface area contributed by atoms with Crippen LogP contribution in [0.2, 0.25) is 0 Å². The smallest absolute Gasteiger partial charge is 0.326 e. The zero-order valence-corrected chi connectivity index (χ0v) is 23.0. The van der Waals surface area contributed by atoms with E-state index in [-0.39, 0.29) is 36.4 Å². The minimum Gasteiger partial charge on any atom is -0.508 e. The molecule has 0 spiro atoms. The average molecular weight is 550 g/mol. The van der Waals surface area contributed by atoms with Crippen molar-refractivity contribution in [2.24, 2.45) is 34.0 Å². The van der Waals surface area contributed by atoms with Gasteiger partial charge in [-0.05, 0) is 42.4 Å². The molecule has 0 saturated carbocycles. The molecule has 0 bridgehead atoms. The third-order valence-corrected chi connectivity index (χ3v) is 6.34. The molecule has 218 valence electrons. The second kappa shape index (κ2) is 16.2. The maximum atomic E-state index is 13.3. The molecule has 5 unspecified atom stereocenters. The van der Waals surface area contributed by atoms with Crippen LogP contribution in [0, 0.1) is 11.8 Å². The zero-order valence-electron chi connectivity index (χ0n) is 23.0. The number of carboxylic acids is 1. The largest absolute Gasteiger partial charge is 0.508 e. The van der Waals surface area contributed by atoms with Gasteiger partial charge in [-0.3, -0.25) is 19.4 Å². The summed E-state index contributed by atoms with van der Waals surface area (Å²) in [7, 11) is 0. The number of hydrogen-bond donors (Lipinski definition) is 8. The topological polar surface area (TPSA) is 235 Å². The van der Waals surface area contributed by atoms with Crippen molar-refractivity contribution in [2.75, 3.05) is 6.54 Å². The van der Waals surface area contributed by atoms with Crippen molar-refractivity contribution in [1.82, 2.24) is 16.0 Å². The van der Waals surface area contributed by atoms with E-state index in [0.29, 0.717) is 24.9 Å². The van der Waals surface area contributed by atoms with E-state index in [1.54, 1.807) is 32.9 Å². The lowest BCUT2D eigenvalue weighted by molar-refractivity contribution is -0.143. The molecule has 13 heteroatoms. The van der Waals surface area contributed by atoms with Crippen LogP contribution < -0.4 is 33.2 Å². The molecular formula is C26H43N7O6. The van der Waals surface area contributed by atoms with Crippen LogP contribution in [0.25, 0.3) is 0 Å². The van der Waals surface area contributed by atoms with Crippen LogP contribution in [0.15, 0.2) is 29.3 Å². The van der Waals surface area contributed by atoms with E-state index in [9.17, 15) is 29.4 Å². The SMILES string of the molecule is CCC(C)C(NC(=O)C(Cc1ccc(O)cc1)NC(=O)C(NC(=O)C(N)CCCN=C(N)N)C(C)C)C(=O)O. The van der Waals surface area contributed by atoms with Gasteiger partial charge < -0.3 is 43.4 Å². The molecule has 0 heterocycles. The number of nitrogens with one attached hydrogen (secondary N) is 3. The molecule has 0 aromatic heterocycles. The lowest BCUT2D eigenvalue weighted by atomic mass is 9.97. The maximum absolute atomic E-state index is 13.3. The molecule has 3 amide bonds. The first kappa shape index (κ1) is 33.2. The van der Waals surface area contributed by atoms with Gasteiger partial charge >= 0.3 is 5.97 Å². The van der Waals surface area contributed by atoms with Gasteiger partial charge in [0.25, 0.3) is 0 Å². The molecule has 5 atom stereocenters. The number of phenols is 1. The first-order chi connectivity index (χ1) is 18.3. The normalized spacial score (nSPS) is 14.8. The fraction of sp³-hybridized carbons (Fsp3) is 0.577. The van der Waals surface area contributed by atoms with Crippen LogP contribution in [-0.2, 0) is 25.6 Å². The van der Waals surface area contributed by atoms with Crippen molar-refractivity contribution in [3.8, 4) is 5.75 Å². The van der Waals surface area contributed by atoms with Crippen molar-refractivity contribution in [3.63, 3.8) is 0 Å². The summed E-state index contributed by atoms with van der Waals surface area (Å²) in [6.07, 6.45) is 1.28. The highest BCUT2D eigenvalue weighted by Crippen LogP contribution is 2.14. The molecule has 1 aromatic rings. The molecule has 39 heavy (non-hydrogen) atoms. The number of aliphatic carboxylic acids is 1. The molecule has 13 nitrogen and oxygen atoms in total. The lowest BCUT2D eigenvalue weighted by Crippen LogP contribution is -2.59. The molecule has 0 aliphatic heterocycles. The van der Waals surface area contributed by atoms with E-state index in [4.69, 9.17) is 17.2 Å². The van der Waals surface area contributed by atoms with Gasteiger partial charge in [-0.2, -0.15) is 0 Å². The van der Waals surface area contributed by atoms with Gasteiger partial charge in [0.15, 0.2) is 5.96 Å². The van der Waals surface area contributed by atoms with Crippen LogP contribution in [0.3, 0.4) is 0 Å². The predicted octanol–water partition coefficient (Wildman–Crippen LogP) is -0.443. The Morgan fingerprint density at radius 3 is 2.03 bits per heavy atom. The standard InChI is InChI=1S/C26H43N7O6/c1-5-15(4)21(25(38)39)33-23(36)19(13-16-8-10-17(34)11-9-16)31-24(37)20(14(2)3)32-22(35)18(27)7-6-12-30-26(28)29/h8-11,14-15,18-21,34H,5-7,12-13,27H2,1-4H3,(H,31,37)(H,32,35)(H,33,36)(H,38,39)(H4,28,29,30). The maximum Gasteiger partial charge on any atom is 0.326 e. The second-order valence-corrected chi connectivity index (χ2v) is 9.93. The first-order valence-corrected chi connectivity index (χ1v) is 13.0. The number of hydrogen-bond acceptors (Lipinski definition) is 7. The highest BCUT2D eigenvalue weighted by molar-refractivity contribution is 5.94. The number of carbonyl (C=O) groups is 4. The van der Waals surface area contributed by atoms with Crippen molar-refractivity contribution < 1.29 is 29.4 Å². The zero-order chi connectivity index (χ0) is 29.7. The Bertz CT molecular complexity index is 995. The number of nitrogens with zero attached hydrogens (tertiary/aromatic N) is 1. The fourth-order valence-corrected chi connectivity index (χ4v) is 3.72. The van der Waals surface area contributed by atoms with E-state index in [1.807, 2.05) is 6.92 Å². The first-order valence-electron chi connectivity index (χ1n) is 13.0. The minimum absolute atomic E-state index is 0.0216. The molecule has 1 rings (SSSR count). The average Bonchev–Trinajstić information content (AvgIpc) is 2.87. The van der Waals surface area contributed by atoms with Crippen LogP contribution in [0.1, 0.15) is 52.5 Å². The predicted molar refractivity (Wildman–Crippen MR) is 147 cm³/mol. The highest BCUT2D eigenvalue weighted by atomic mass is 16.4. The Hall–Kier alpha value is -3.87. The quantitative estimate of drug-likeness (QED) is 0.0756. The Labute approximate surface area is 229 Å². The van der Waals surface area contributed by atoms with Crippen LogP contribution in [0.5, 0.6) is 5.75 Å².